The fraction of sp³-hybridized carbons (Fsp3) is 0.692. The summed E-state index contributed by atoms with van der Waals surface area (Å²) in [5.41, 5.74) is 1.02. The van der Waals surface area contributed by atoms with E-state index in [1.807, 2.05) is 12.3 Å². The van der Waals surface area contributed by atoms with Crippen LogP contribution in [0.15, 0.2) is 5.38 Å². The van der Waals surface area contributed by atoms with E-state index in [0.717, 1.165) is 30.0 Å². The summed E-state index contributed by atoms with van der Waals surface area (Å²) in [6.45, 7) is 5.45. The molecule has 0 bridgehead atoms. The summed E-state index contributed by atoms with van der Waals surface area (Å²) in [6.07, 6.45) is 2.54. The van der Waals surface area contributed by atoms with Gasteiger partial charge in [0.2, 0.25) is 5.91 Å². The molecule has 5 heteroatoms. The van der Waals surface area contributed by atoms with E-state index < -0.39 is 0 Å². The van der Waals surface area contributed by atoms with Gasteiger partial charge in [0.05, 0.1) is 6.04 Å². The Morgan fingerprint density at radius 1 is 1.61 bits per heavy atom. The Morgan fingerprint density at radius 2 is 2.33 bits per heavy atom. The molecule has 2 heterocycles. The topological polar surface area (TPSA) is 51.2 Å². The Hall–Kier alpha value is -0.940. The van der Waals surface area contributed by atoms with Crippen LogP contribution in [-0.4, -0.2) is 24.1 Å². The van der Waals surface area contributed by atoms with Crippen LogP contribution in [0, 0.1) is 12.8 Å². The quantitative estimate of drug-likeness (QED) is 0.912. The van der Waals surface area contributed by atoms with Crippen molar-refractivity contribution in [1.82, 2.24) is 10.3 Å². The predicted molar refractivity (Wildman–Crippen MR) is 71.6 cm³/mol. The summed E-state index contributed by atoms with van der Waals surface area (Å²) in [4.78, 5) is 16.6. The van der Waals surface area contributed by atoms with Gasteiger partial charge in [-0.15, -0.1) is 11.3 Å². The van der Waals surface area contributed by atoms with Crippen molar-refractivity contribution in [2.75, 3.05) is 13.2 Å². The van der Waals surface area contributed by atoms with Gasteiger partial charge in [0.25, 0.3) is 0 Å². The second-order valence-corrected chi connectivity index (χ2v) is 5.57. The van der Waals surface area contributed by atoms with Gasteiger partial charge in [0.1, 0.15) is 5.01 Å². The molecule has 1 fully saturated rings. The fourth-order valence-corrected chi connectivity index (χ4v) is 3.05. The van der Waals surface area contributed by atoms with Crippen LogP contribution in [0.25, 0.3) is 0 Å². The maximum atomic E-state index is 12.2. The summed E-state index contributed by atoms with van der Waals surface area (Å²) in [7, 11) is 0. The minimum atomic E-state index is 0.0547. The highest BCUT2D eigenvalue weighted by molar-refractivity contribution is 7.09. The van der Waals surface area contributed by atoms with Crippen LogP contribution in [0.4, 0.5) is 0 Å². The molecular weight excluding hydrogens is 248 g/mol. The lowest BCUT2D eigenvalue weighted by Gasteiger charge is -2.23. The van der Waals surface area contributed by atoms with Gasteiger partial charge in [0.15, 0.2) is 0 Å². The zero-order valence-corrected chi connectivity index (χ0v) is 11.8. The third-order valence-electron chi connectivity index (χ3n) is 3.25. The van der Waals surface area contributed by atoms with E-state index in [2.05, 4.69) is 17.2 Å². The molecule has 1 unspecified atom stereocenters. The molecule has 1 aliphatic rings. The number of hydrogen-bond acceptors (Lipinski definition) is 4. The SMILES string of the molecule is CCC(NC(=O)C1CCOCC1)c1nc(C)cs1. The highest BCUT2D eigenvalue weighted by atomic mass is 32.1. The summed E-state index contributed by atoms with van der Waals surface area (Å²) in [5.74, 6) is 0.256. The number of ether oxygens (including phenoxy) is 1. The van der Waals surface area contributed by atoms with Crippen LogP contribution < -0.4 is 5.32 Å². The zero-order chi connectivity index (χ0) is 13.0. The molecular formula is C13H20N2O2S. The Labute approximate surface area is 112 Å². The van der Waals surface area contributed by atoms with Crippen molar-refractivity contribution in [2.45, 2.75) is 39.2 Å². The number of nitrogens with one attached hydrogen (secondary N) is 1. The molecule has 2 rings (SSSR count). The van der Waals surface area contributed by atoms with Crippen LogP contribution in [0.2, 0.25) is 0 Å². The first kappa shape index (κ1) is 13.5. The third-order valence-corrected chi connectivity index (χ3v) is 4.33. The molecule has 1 aliphatic heterocycles. The number of carbonyl (C=O) groups excluding carboxylic acids is 1. The monoisotopic (exact) mass is 268 g/mol. The number of amides is 1. The van der Waals surface area contributed by atoms with Crippen molar-refractivity contribution >= 4 is 17.2 Å². The number of aryl methyl sites for hydroxylation is 1. The van der Waals surface area contributed by atoms with Gasteiger partial charge >= 0.3 is 0 Å². The zero-order valence-electron chi connectivity index (χ0n) is 10.9. The number of carbonyl (C=O) groups is 1. The Kier molecular flexibility index (Phi) is 4.72. The van der Waals surface area contributed by atoms with Crippen molar-refractivity contribution in [3.63, 3.8) is 0 Å². The van der Waals surface area contributed by atoms with E-state index in [0.29, 0.717) is 13.2 Å². The minimum Gasteiger partial charge on any atom is -0.381 e. The summed E-state index contributed by atoms with van der Waals surface area (Å²) in [5, 5.41) is 6.16. The molecule has 1 aromatic heterocycles. The van der Waals surface area contributed by atoms with Crippen LogP contribution in [0.1, 0.15) is 42.9 Å². The van der Waals surface area contributed by atoms with Gasteiger partial charge in [-0.3, -0.25) is 4.79 Å². The van der Waals surface area contributed by atoms with Crippen LogP contribution in [0.3, 0.4) is 0 Å². The van der Waals surface area contributed by atoms with Crippen LogP contribution >= 0.6 is 11.3 Å². The smallest absolute Gasteiger partial charge is 0.223 e. The highest BCUT2D eigenvalue weighted by Gasteiger charge is 2.24. The first-order valence-electron chi connectivity index (χ1n) is 6.51. The molecule has 0 radical (unpaired) electrons. The van der Waals surface area contributed by atoms with E-state index >= 15 is 0 Å². The Bertz CT molecular complexity index is 399. The highest BCUT2D eigenvalue weighted by Crippen LogP contribution is 2.22. The maximum Gasteiger partial charge on any atom is 0.223 e. The van der Waals surface area contributed by atoms with Gasteiger partial charge in [-0.2, -0.15) is 0 Å². The van der Waals surface area contributed by atoms with Gasteiger partial charge in [-0.1, -0.05) is 6.92 Å². The van der Waals surface area contributed by atoms with Crippen molar-refractivity contribution in [2.24, 2.45) is 5.92 Å². The number of thiazole rings is 1. The standard InChI is InChI=1S/C13H20N2O2S/c1-3-11(13-14-9(2)8-18-13)15-12(16)10-4-6-17-7-5-10/h8,10-11H,3-7H2,1-2H3,(H,15,16). The lowest BCUT2D eigenvalue weighted by atomic mass is 9.99. The molecule has 1 amide bonds. The first-order valence-corrected chi connectivity index (χ1v) is 7.38. The van der Waals surface area contributed by atoms with Crippen molar-refractivity contribution in [3.8, 4) is 0 Å². The molecule has 1 saturated heterocycles. The van der Waals surface area contributed by atoms with E-state index in [9.17, 15) is 4.79 Å². The van der Waals surface area contributed by atoms with Gasteiger partial charge in [-0.05, 0) is 26.2 Å². The Balaban J connectivity index is 1.95. The number of nitrogens with zero attached hydrogens (tertiary/aromatic N) is 1. The van der Waals surface area contributed by atoms with Crippen LogP contribution in [-0.2, 0) is 9.53 Å². The molecule has 0 saturated carbocycles. The van der Waals surface area contributed by atoms with E-state index in [-0.39, 0.29) is 17.9 Å². The van der Waals surface area contributed by atoms with E-state index in [1.165, 1.54) is 0 Å². The summed E-state index contributed by atoms with van der Waals surface area (Å²) in [6, 6.07) is 0.0547. The molecule has 0 spiro atoms. The lowest BCUT2D eigenvalue weighted by Crippen LogP contribution is -2.36. The number of aromatic nitrogens is 1. The second kappa shape index (κ2) is 6.29. The predicted octanol–water partition coefficient (Wildman–Crippen LogP) is 2.45. The number of rotatable bonds is 4. The summed E-state index contributed by atoms with van der Waals surface area (Å²) >= 11 is 1.62. The van der Waals surface area contributed by atoms with E-state index in [1.54, 1.807) is 11.3 Å². The lowest BCUT2D eigenvalue weighted by molar-refractivity contribution is -0.128. The molecule has 4 nitrogen and oxygen atoms in total. The van der Waals surface area contributed by atoms with Gasteiger partial charge in [0, 0.05) is 30.2 Å². The number of hydrogen-bond donors (Lipinski definition) is 1. The fourth-order valence-electron chi connectivity index (χ4n) is 2.12. The normalized spacial score (nSPS) is 18.6. The molecule has 0 aromatic carbocycles. The second-order valence-electron chi connectivity index (χ2n) is 4.68. The average Bonchev–Trinajstić information content (AvgIpc) is 2.83. The van der Waals surface area contributed by atoms with Gasteiger partial charge < -0.3 is 10.1 Å². The maximum absolute atomic E-state index is 12.2. The van der Waals surface area contributed by atoms with Crippen molar-refractivity contribution in [3.05, 3.63) is 16.1 Å². The molecule has 1 atom stereocenters. The third kappa shape index (κ3) is 3.29. The van der Waals surface area contributed by atoms with E-state index in [4.69, 9.17) is 4.74 Å². The largest absolute Gasteiger partial charge is 0.381 e. The molecule has 0 aliphatic carbocycles. The first-order chi connectivity index (χ1) is 8.70. The average molecular weight is 268 g/mol. The molecule has 18 heavy (non-hydrogen) atoms. The van der Waals surface area contributed by atoms with Gasteiger partial charge in [-0.25, -0.2) is 4.98 Å². The summed E-state index contributed by atoms with van der Waals surface area (Å²) < 4.78 is 5.28. The molecule has 1 aromatic rings. The molecule has 1 N–H and O–H groups in total. The van der Waals surface area contributed by atoms with Crippen molar-refractivity contribution in [1.29, 1.82) is 0 Å². The molecule has 100 valence electrons. The van der Waals surface area contributed by atoms with Crippen molar-refractivity contribution < 1.29 is 9.53 Å². The Morgan fingerprint density at radius 3 is 2.89 bits per heavy atom. The van der Waals surface area contributed by atoms with Crippen LogP contribution in [0.5, 0.6) is 0 Å². The minimum absolute atomic E-state index is 0.0547.